The van der Waals surface area contributed by atoms with Gasteiger partial charge in [-0.3, -0.25) is 4.57 Å². The molecule has 0 spiro atoms. The van der Waals surface area contributed by atoms with E-state index in [-0.39, 0.29) is 0 Å². The topological polar surface area (TPSA) is 39.9 Å². The van der Waals surface area contributed by atoms with Crippen LogP contribution in [0.3, 0.4) is 0 Å². The number of thioether (sulfide) groups is 1. The lowest BCUT2D eigenvalue weighted by atomic mass is 10.2. The van der Waals surface area contributed by atoms with Gasteiger partial charge < -0.3 is 4.74 Å². The highest BCUT2D eigenvalue weighted by atomic mass is 32.2. The molecule has 0 aliphatic rings. The van der Waals surface area contributed by atoms with Crippen molar-refractivity contribution in [3.63, 3.8) is 0 Å². The number of ether oxygens (including phenoxy) is 1. The Morgan fingerprint density at radius 3 is 2.76 bits per heavy atom. The van der Waals surface area contributed by atoms with Gasteiger partial charge in [0.25, 0.3) is 0 Å². The number of rotatable bonds is 7. The van der Waals surface area contributed by atoms with E-state index in [1.807, 2.05) is 12.1 Å². The second kappa shape index (κ2) is 8.06. The summed E-state index contributed by atoms with van der Waals surface area (Å²) in [4.78, 5) is 1.37. The molecule has 0 saturated carbocycles. The van der Waals surface area contributed by atoms with Gasteiger partial charge in [-0.2, -0.15) is 0 Å². The van der Waals surface area contributed by atoms with E-state index in [1.165, 1.54) is 10.4 Å². The maximum atomic E-state index is 5.30. The van der Waals surface area contributed by atoms with Crippen LogP contribution in [0.15, 0.2) is 40.9 Å². The molecule has 0 amide bonds. The molecule has 0 aliphatic heterocycles. The van der Waals surface area contributed by atoms with E-state index in [2.05, 4.69) is 59.1 Å². The summed E-state index contributed by atoms with van der Waals surface area (Å²) in [5.41, 5.74) is 2.38. The number of aryl methyl sites for hydroxylation is 1. The van der Waals surface area contributed by atoms with E-state index in [1.54, 1.807) is 30.2 Å². The van der Waals surface area contributed by atoms with Crippen molar-refractivity contribution in [2.75, 3.05) is 7.11 Å². The Labute approximate surface area is 157 Å². The first-order valence-electron chi connectivity index (χ1n) is 8.40. The molecule has 0 radical (unpaired) electrons. The fourth-order valence-electron chi connectivity index (χ4n) is 2.63. The van der Waals surface area contributed by atoms with Crippen LogP contribution >= 0.6 is 23.1 Å². The molecule has 0 unspecified atom stereocenters. The average Bonchev–Trinajstić information content (AvgIpc) is 3.26. The lowest BCUT2D eigenvalue weighted by molar-refractivity contribution is 0.414. The van der Waals surface area contributed by atoms with Gasteiger partial charge in [0, 0.05) is 27.6 Å². The predicted molar refractivity (Wildman–Crippen MR) is 106 cm³/mol. The highest BCUT2D eigenvalue weighted by Crippen LogP contribution is 2.32. The first-order chi connectivity index (χ1) is 12.1. The van der Waals surface area contributed by atoms with Crippen molar-refractivity contribution >= 4 is 23.1 Å². The predicted octanol–water partition coefficient (Wildman–Crippen LogP) is 5.45. The van der Waals surface area contributed by atoms with Gasteiger partial charge in [0.05, 0.1) is 7.11 Å². The molecule has 132 valence electrons. The summed E-state index contributed by atoms with van der Waals surface area (Å²) >= 11 is 3.50. The summed E-state index contributed by atoms with van der Waals surface area (Å²) in [6, 6.07) is 10.7. The van der Waals surface area contributed by atoms with Crippen molar-refractivity contribution in [2.45, 2.75) is 44.1 Å². The Morgan fingerprint density at radius 1 is 1.24 bits per heavy atom. The Morgan fingerprint density at radius 2 is 2.08 bits per heavy atom. The van der Waals surface area contributed by atoms with Crippen molar-refractivity contribution in [2.24, 2.45) is 0 Å². The van der Waals surface area contributed by atoms with Crippen molar-refractivity contribution < 1.29 is 4.74 Å². The molecule has 2 aromatic heterocycles. The summed E-state index contributed by atoms with van der Waals surface area (Å²) in [6.07, 6.45) is 1.05. The van der Waals surface area contributed by atoms with E-state index in [0.717, 1.165) is 34.5 Å². The van der Waals surface area contributed by atoms with Gasteiger partial charge in [-0.25, -0.2) is 0 Å². The summed E-state index contributed by atoms with van der Waals surface area (Å²) < 4.78 is 7.53. The van der Waals surface area contributed by atoms with Crippen molar-refractivity contribution in [1.29, 1.82) is 0 Å². The fraction of sp³-hybridized carbons (Fsp3) is 0.368. The quantitative estimate of drug-likeness (QED) is 0.516. The Kier molecular flexibility index (Phi) is 5.81. The molecule has 0 bridgehead atoms. The number of thiophene rings is 1. The standard InChI is InChI=1S/C19H23N3OS2/c1-5-17-10-15(12-24-17)18-20-21-19(22(18)13(2)3)25-11-14-7-6-8-16(9-14)23-4/h6-10,12-13H,5,11H2,1-4H3. The van der Waals surface area contributed by atoms with Gasteiger partial charge in [0.15, 0.2) is 11.0 Å². The van der Waals surface area contributed by atoms with Crippen molar-refractivity contribution in [1.82, 2.24) is 14.8 Å². The first kappa shape index (κ1) is 18.0. The lowest BCUT2D eigenvalue weighted by Gasteiger charge is -2.13. The number of benzene rings is 1. The van der Waals surface area contributed by atoms with Crippen LogP contribution in [0.25, 0.3) is 11.4 Å². The SMILES string of the molecule is CCc1cc(-c2nnc(SCc3cccc(OC)c3)n2C(C)C)cs1. The molecule has 0 saturated heterocycles. The molecule has 0 atom stereocenters. The third-order valence-corrected chi connectivity index (χ3v) is 6.04. The molecule has 0 aliphatic carbocycles. The van der Waals surface area contributed by atoms with Crippen LogP contribution in [-0.4, -0.2) is 21.9 Å². The van der Waals surface area contributed by atoms with E-state index >= 15 is 0 Å². The number of methoxy groups -OCH3 is 1. The molecule has 1 aromatic carbocycles. The van der Waals surface area contributed by atoms with Crippen LogP contribution in [0.4, 0.5) is 0 Å². The zero-order chi connectivity index (χ0) is 17.8. The Hall–Kier alpha value is -1.79. The van der Waals surface area contributed by atoms with Gasteiger partial charge in [-0.15, -0.1) is 21.5 Å². The third-order valence-electron chi connectivity index (χ3n) is 3.94. The molecule has 0 N–H and O–H groups in total. The van der Waals surface area contributed by atoms with Gasteiger partial charge in [-0.1, -0.05) is 30.8 Å². The number of aromatic nitrogens is 3. The maximum Gasteiger partial charge on any atom is 0.192 e. The van der Waals surface area contributed by atoms with E-state index in [0.29, 0.717) is 6.04 Å². The van der Waals surface area contributed by atoms with Crippen LogP contribution in [0.2, 0.25) is 0 Å². The lowest BCUT2D eigenvalue weighted by Crippen LogP contribution is -2.04. The van der Waals surface area contributed by atoms with Gasteiger partial charge in [0.1, 0.15) is 5.75 Å². The molecule has 0 fully saturated rings. The largest absolute Gasteiger partial charge is 0.497 e. The molecule has 2 heterocycles. The second-order valence-corrected chi connectivity index (χ2v) is 8.00. The number of hydrogen-bond donors (Lipinski definition) is 0. The van der Waals surface area contributed by atoms with Crippen LogP contribution < -0.4 is 4.74 Å². The maximum absolute atomic E-state index is 5.30. The summed E-state index contributed by atoms with van der Waals surface area (Å²) in [6.45, 7) is 6.53. The molecule has 6 heteroatoms. The Bertz CT molecular complexity index is 839. The minimum atomic E-state index is 0.308. The van der Waals surface area contributed by atoms with E-state index in [4.69, 9.17) is 4.74 Å². The minimum absolute atomic E-state index is 0.308. The second-order valence-electron chi connectivity index (χ2n) is 6.07. The highest BCUT2D eigenvalue weighted by Gasteiger charge is 2.18. The fourth-order valence-corrected chi connectivity index (χ4v) is 4.45. The summed E-state index contributed by atoms with van der Waals surface area (Å²) in [5, 5.41) is 12.1. The summed E-state index contributed by atoms with van der Waals surface area (Å²) in [7, 11) is 1.69. The van der Waals surface area contributed by atoms with E-state index < -0.39 is 0 Å². The zero-order valence-electron chi connectivity index (χ0n) is 15.0. The molecular formula is C19H23N3OS2. The van der Waals surface area contributed by atoms with Crippen molar-refractivity contribution in [3.8, 4) is 17.1 Å². The molecule has 25 heavy (non-hydrogen) atoms. The third kappa shape index (κ3) is 4.07. The van der Waals surface area contributed by atoms with Crippen LogP contribution in [0.5, 0.6) is 5.75 Å². The number of hydrogen-bond acceptors (Lipinski definition) is 5. The normalized spacial score (nSPS) is 11.2. The molecule has 3 rings (SSSR count). The summed E-state index contributed by atoms with van der Waals surface area (Å²) in [5.74, 6) is 2.68. The van der Waals surface area contributed by atoms with Crippen LogP contribution in [0, 0.1) is 0 Å². The van der Waals surface area contributed by atoms with Crippen molar-refractivity contribution in [3.05, 3.63) is 46.2 Å². The zero-order valence-corrected chi connectivity index (χ0v) is 16.7. The molecule has 3 aromatic rings. The van der Waals surface area contributed by atoms with Gasteiger partial charge >= 0.3 is 0 Å². The van der Waals surface area contributed by atoms with Crippen LogP contribution in [0.1, 0.15) is 37.3 Å². The van der Waals surface area contributed by atoms with E-state index in [9.17, 15) is 0 Å². The van der Waals surface area contributed by atoms with Crippen LogP contribution in [-0.2, 0) is 12.2 Å². The first-order valence-corrected chi connectivity index (χ1v) is 10.3. The molecular weight excluding hydrogens is 350 g/mol. The monoisotopic (exact) mass is 373 g/mol. The van der Waals surface area contributed by atoms with Gasteiger partial charge in [0.2, 0.25) is 0 Å². The number of nitrogens with zero attached hydrogens (tertiary/aromatic N) is 3. The smallest absolute Gasteiger partial charge is 0.192 e. The molecule has 4 nitrogen and oxygen atoms in total. The highest BCUT2D eigenvalue weighted by molar-refractivity contribution is 7.98. The minimum Gasteiger partial charge on any atom is -0.497 e. The average molecular weight is 374 g/mol. The Balaban J connectivity index is 1.84. The van der Waals surface area contributed by atoms with Gasteiger partial charge in [-0.05, 0) is 44.0 Å².